The summed E-state index contributed by atoms with van der Waals surface area (Å²) in [5.41, 5.74) is -0.351. The van der Waals surface area contributed by atoms with Gasteiger partial charge in [-0.15, -0.1) is 0 Å². The van der Waals surface area contributed by atoms with Crippen LogP contribution in [0.2, 0.25) is 0 Å². The van der Waals surface area contributed by atoms with Crippen molar-refractivity contribution in [1.29, 1.82) is 0 Å². The van der Waals surface area contributed by atoms with Gasteiger partial charge < -0.3 is 4.74 Å². The molecule has 0 bridgehead atoms. The molecular formula is C12H15FN2O4. The smallest absolute Gasteiger partial charge is 0.413 e. The summed E-state index contributed by atoms with van der Waals surface area (Å²) in [5.74, 6) is -0.847. The Labute approximate surface area is 109 Å². The zero-order valence-corrected chi connectivity index (χ0v) is 10.9. The summed E-state index contributed by atoms with van der Waals surface area (Å²) in [5, 5.41) is 2.41. The fourth-order valence-corrected chi connectivity index (χ4v) is 1.23. The van der Waals surface area contributed by atoms with Crippen LogP contribution in [0, 0.1) is 0 Å². The summed E-state index contributed by atoms with van der Waals surface area (Å²) >= 11 is 0. The molecule has 0 atom stereocenters. The van der Waals surface area contributed by atoms with E-state index in [1.807, 2.05) is 0 Å². The standard InChI is InChI=1S/C12H15FN2O4/c1-12(2,3)18-11(17)15-9-6-4-5-8(14-9)7-10(16)19-13/h4-6H,7H2,1-3H3,(H,14,15,17). The van der Waals surface area contributed by atoms with Crippen LogP contribution < -0.4 is 5.32 Å². The lowest BCUT2D eigenvalue weighted by atomic mass is 10.2. The first-order valence-corrected chi connectivity index (χ1v) is 5.57. The van der Waals surface area contributed by atoms with Gasteiger partial charge in [-0.05, 0) is 32.9 Å². The number of nitrogens with zero attached hydrogens (tertiary/aromatic N) is 1. The van der Waals surface area contributed by atoms with Gasteiger partial charge in [0.1, 0.15) is 11.4 Å². The van der Waals surface area contributed by atoms with E-state index in [0.717, 1.165) is 0 Å². The summed E-state index contributed by atoms with van der Waals surface area (Å²) in [6.07, 6.45) is -0.981. The number of halogens is 1. The van der Waals surface area contributed by atoms with E-state index in [2.05, 4.69) is 15.2 Å². The zero-order chi connectivity index (χ0) is 14.5. The SMILES string of the molecule is CC(C)(C)OC(=O)Nc1cccc(CC(=O)OF)n1. The summed E-state index contributed by atoms with van der Waals surface area (Å²) in [6.45, 7) is 5.19. The third kappa shape index (κ3) is 5.80. The first-order valence-electron chi connectivity index (χ1n) is 5.57. The summed E-state index contributed by atoms with van der Waals surface area (Å²) < 4.78 is 16.6. The van der Waals surface area contributed by atoms with E-state index >= 15 is 0 Å². The Morgan fingerprint density at radius 3 is 2.63 bits per heavy atom. The molecule has 0 unspecified atom stereocenters. The highest BCUT2D eigenvalue weighted by Crippen LogP contribution is 2.11. The fourth-order valence-electron chi connectivity index (χ4n) is 1.23. The summed E-state index contributed by atoms with van der Waals surface area (Å²) in [4.78, 5) is 29.2. The van der Waals surface area contributed by atoms with Gasteiger partial charge >= 0.3 is 12.1 Å². The quantitative estimate of drug-likeness (QED) is 0.912. The average Bonchev–Trinajstić information content (AvgIpc) is 2.26. The number of carbonyl (C=O) groups excluding carboxylic acids is 2. The normalized spacial score (nSPS) is 10.7. The van der Waals surface area contributed by atoms with E-state index < -0.39 is 17.7 Å². The molecular weight excluding hydrogens is 255 g/mol. The molecule has 1 heterocycles. The van der Waals surface area contributed by atoms with E-state index in [9.17, 15) is 14.1 Å². The lowest BCUT2D eigenvalue weighted by Gasteiger charge is -2.19. The van der Waals surface area contributed by atoms with Crippen molar-refractivity contribution in [2.45, 2.75) is 32.8 Å². The topological polar surface area (TPSA) is 77.5 Å². The van der Waals surface area contributed by atoms with Crippen LogP contribution in [0.1, 0.15) is 26.5 Å². The number of rotatable bonds is 3. The molecule has 0 spiro atoms. The van der Waals surface area contributed by atoms with Gasteiger partial charge in [0.25, 0.3) is 0 Å². The van der Waals surface area contributed by atoms with Gasteiger partial charge in [0.2, 0.25) is 0 Å². The van der Waals surface area contributed by atoms with Crippen LogP contribution in [-0.2, 0) is 20.9 Å². The monoisotopic (exact) mass is 270 g/mol. The molecule has 1 amide bonds. The van der Waals surface area contributed by atoms with Gasteiger partial charge in [0, 0.05) is 4.53 Å². The van der Waals surface area contributed by atoms with Crippen molar-refractivity contribution in [2.75, 3.05) is 5.32 Å². The Morgan fingerprint density at radius 1 is 1.37 bits per heavy atom. The van der Waals surface area contributed by atoms with E-state index in [1.54, 1.807) is 26.8 Å². The number of aromatic nitrogens is 1. The highest BCUT2D eigenvalue weighted by atomic mass is 19.3. The zero-order valence-electron chi connectivity index (χ0n) is 10.9. The molecule has 0 aromatic carbocycles. The number of amides is 1. The molecule has 0 fully saturated rings. The van der Waals surface area contributed by atoms with Crippen molar-refractivity contribution in [1.82, 2.24) is 4.98 Å². The summed E-state index contributed by atoms with van der Waals surface area (Å²) in [6, 6.07) is 4.60. The third-order valence-electron chi connectivity index (χ3n) is 1.85. The van der Waals surface area contributed by atoms with Crippen molar-refractivity contribution in [3.05, 3.63) is 23.9 Å². The molecule has 1 aromatic rings. The molecule has 1 aromatic heterocycles. The second kappa shape index (κ2) is 6.12. The maximum Gasteiger partial charge on any atom is 0.413 e. The number of hydrogen-bond acceptors (Lipinski definition) is 5. The van der Waals surface area contributed by atoms with E-state index in [1.165, 1.54) is 12.1 Å². The number of pyridine rings is 1. The van der Waals surface area contributed by atoms with E-state index in [0.29, 0.717) is 0 Å². The number of anilines is 1. The van der Waals surface area contributed by atoms with E-state index in [-0.39, 0.29) is 17.9 Å². The van der Waals surface area contributed by atoms with Gasteiger partial charge in [-0.2, -0.15) is 0 Å². The van der Waals surface area contributed by atoms with Crippen LogP contribution in [0.15, 0.2) is 18.2 Å². The molecule has 1 rings (SSSR count). The Morgan fingerprint density at radius 2 is 2.05 bits per heavy atom. The highest BCUT2D eigenvalue weighted by molar-refractivity contribution is 5.83. The largest absolute Gasteiger partial charge is 0.444 e. The first-order chi connectivity index (χ1) is 8.80. The van der Waals surface area contributed by atoms with Crippen molar-refractivity contribution >= 4 is 17.9 Å². The van der Waals surface area contributed by atoms with Crippen molar-refractivity contribution in [3.8, 4) is 0 Å². The Kier molecular flexibility index (Phi) is 4.80. The second-order valence-electron chi connectivity index (χ2n) is 4.77. The highest BCUT2D eigenvalue weighted by Gasteiger charge is 2.16. The molecule has 0 saturated heterocycles. The van der Waals surface area contributed by atoms with Crippen LogP contribution in [0.25, 0.3) is 0 Å². The Hall–Kier alpha value is -2.18. The van der Waals surface area contributed by atoms with Gasteiger partial charge in [-0.1, -0.05) is 6.07 Å². The van der Waals surface area contributed by atoms with Crippen LogP contribution in [0.3, 0.4) is 0 Å². The molecule has 104 valence electrons. The lowest BCUT2D eigenvalue weighted by Crippen LogP contribution is -2.27. The van der Waals surface area contributed by atoms with Gasteiger partial charge in [0.05, 0.1) is 12.1 Å². The molecule has 6 nitrogen and oxygen atoms in total. The average molecular weight is 270 g/mol. The lowest BCUT2D eigenvalue weighted by molar-refractivity contribution is -0.182. The molecule has 0 radical (unpaired) electrons. The van der Waals surface area contributed by atoms with Crippen LogP contribution in [0.5, 0.6) is 0 Å². The van der Waals surface area contributed by atoms with Crippen molar-refractivity contribution in [3.63, 3.8) is 0 Å². The van der Waals surface area contributed by atoms with E-state index in [4.69, 9.17) is 4.74 Å². The number of nitrogens with one attached hydrogen (secondary N) is 1. The molecule has 0 aliphatic rings. The molecule has 0 saturated carbocycles. The van der Waals surface area contributed by atoms with Gasteiger partial charge in [-0.3, -0.25) is 10.3 Å². The molecule has 7 heteroatoms. The van der Waals surface area contributed by atoms with Crippen molar-refractivity contribution in [2.24, 2.45) is 0 Å². The molecule has 1 N–H and O–H groups in total. The maximum absolute atomic E-state index is 11.6. The second-order valence-corrected chi connectivity index (χ2v) is 4.77. The fraction of sp³-hybridized carbons (Fsp3) is 0.417. The molecule has 0 aliphatic carbocycles. The predicted molar refractivity (Wildman–Crippen MR) is 65.0 cm³/mol. The number of carbonyl (C=O) groups is 2. The predicted octanol–water partition coefficient (Wildman–Crippen LogP) is 2.40. The van der Waals surface area contributed by atoms with Crippen LogP contribution in [0.4, 0.5) is 15.1 Å². The van der Waals surface area contributed by atoms with Gasteiger partial charge in [-0.25, -0.2) is 14.6 Å². The number of hydrogen-bond donors (Lipinski definition) is 1. The summed E-state index contributed by atoms with van der Waals surface area (Å²) in [7, 11) is 0. The maximum atomic E-state index is 11.6. The Bertz CT molecular complexity index is 471. The minimum absolute atomic E-state index is 0.207. The van der Waals surface area contributed by atoms with Crippen molar-refractivity contribution < 1.29 is 23.8 Å². The first kappa shape index (κ1) is 14.9. The Balaban J connectivity index is 2.67. The van der Waals surface area contributed by atoms with Crippen LogP contribution in [-0.4, -0.2) is 22.6 Å². The minimum Gasteiger partial charge on any atom is -0.444 e. The minimum atomic E-state index is -1.05. The number of ether oxygens (including phenoxy) is 1. The van der Waals surface area contributed by atoms with Gasteiger partial charge in [0.15, 0.2) is 0 Å². The molecule has 0 aliphatic heterocycles. The van der Waals surface area contributed by atoms with Crippen LogP contribution >= 0.6 is 0 Å². The third-order valence-corrected chi connectivity index (χ3v) is 1.85. The molecule has 19 heavy (non-hydrogen) atoms.